The molecule has 3 heterocycles. The summed E-state index contributed by atoms with van der Waals surface area (Å²) in [5.41, 5.74) is 1.46. The van der Waals surface area contributed by atoms with Crippen molar-refractivity contribution in [3.8, 4) is 11.5 Å². The Bertz CT molecular complexity index is 1260. The number of hydrogen-bond donors (Lipinski definition) is 1. The summed E-state index contributed by atoms with van der Waals surface area (Å²) in [6.45, 7) is 5.26. The normalized spacial score (nSPS) is 19.5. The van der Waals surface area contributed by atoms with Gasteiger partial charge in [0.2, 0.25) is 6.79 Å². The molecule has 0 bridgehead atoms. The van der Waals surface area contributed by atoms with E-state index in [9.17, 15) is 4.79 Å². The molecule has 0 spiro atoms. The van der Waals surface area contributed by atoms with E-state index in [2.05, 4.69) is 43.9 Å². The van der Waals surface area contributed by atoms with Gasteiger partial charge >= 0.3 is 0 Å². The quantitative estimate of drug-likeness (QED) is 0.534. The molecule has 35 heavy (non-hydrogen) atoms. The van der Waals surface area contributed by atoms with Crippen LogP contribution in [0.3, 0.4) is 0 Å². The van der Waals surface area contributed by atoms with Crippen molar-refractivity contribution in [2.45, 2.75) is 89.9 Å². The Hall–Kier alpha value is -2.94. The lowest BCUT2D eigenvalue weighted by molar-refractivity contribution is 0.0826. The van der Waals surface area contributed by atoms with E-state index < -0.39 is 0 Å². The van der Waals surface area contributed by atoms with Crippen LogP contribution in [0.5, 0.6) is 11.5 Å². The Morgan fingerprint density at radius 1 is 1.06 bits per heavy atom. The van der Waals surface area contributed by atoms with Crippen molar-refractivity contribution in [1.82, 2.24) is 30.1 Å². The van der Waals surface area contributed by atoms with Gasteiger partial charge in [0.25, 0.3) is 5.56 Å². The van der Waals surface area contributed by atoms with Crippen LogP contribution in [-0.2, 0) is 6.54 Å². The van der Waals surface area contributed by atoms with E-state index in [-0.39, 0.29) is 18.4 Å². The molecule has 0 radical (unpaired) electrons. The summed E-state index contributed by atoms with van der Waals surface area (Å²) in [6, 6.07) is 6.64. The minimum Gasteiger partial charge on any atom is -0.454 e. The van der Waals surface area contributed by atoms with Gasteiger partial charge in [-0.2, -0.15) is 0 Å². The Morgan fingerprint density at radius 2 is 1.77 bits per heavy atom. The van der Waals surface area contributed by atoms with Gasteiger partial charge in [0, 0.05) is 29.6 Å². The van der Waals surface area contributed by atoms with E-state index >= 15 is 0 Å². The van der Waals surface area contributed by atoms with Gasteiger partial charge < -0.3 is 14.5 Å². The number of aromatic amines is 1. The number of H-pyrrole nitrogens is 1. The third-order valence-corrected chi connectivity index (χ3v) is 8.00. The molecule has 2 aromatic heterocycles. The van der Waals surface area contributed by atoms with Crippen LogP contribution < -0.4 is 15.0 Å². The zero-order chi connectivity index (χ0) is 23.9. The smallest absolute Gasteiger partial charge is 0.252 e. The number of rotatable bonds is 7. The van der Waals surface area contributed by atoms with Gasteiger partial charge in [-0.05, 0) is 54.2 Å². The van der Waals surface area contributed by atoms with Gasteiger partial charge in [-0.3, -0.25) is 9.69 Å². The molecular formula is C26H34N6O3. The van der Waals surface area contributed by atoms with Crippen molar-refractivity contribution < 1.29 is 9.47 Å². The summed E-state index contributed by atoms with van der Waals surface area (Å²) in [4.78, 5) is 18.8. The molecule has 9 heteroatoms. The van der Waals surface area contributed by atoms with Crippen molar-refractivity contribution in [3.05, 3.63) is 39.9 Å². The fourth-order valence-corrected chi connectivity index (χ4v) is 6.28. The van der Waals surface area contributed by atoms with Crippen molar-refractivity contribution in [1.29, 1.82) is 0 Å². The van der Waals surface area contributed by atoms with E-state index in [1.54, 1.807) is 0 Å². The first kappa shape index (κ1) is 22.5. The van der Waals surface area contributed by atoms with Gasteiger partial charge in [-0.15, -0.1) is 5.10 Å². The van der Waals surface area contributed by atoms with Crippen molar-refractivity contribution in [2.75, 3.05) is 6.79 Å². The molecular weight excluding hydrogens is 444 g/mol. The topological polar surface area (TPSA) is 98.2 Å². The highest BCUT2D eigenvalue weighted by Gasteiger charge is 2.37. The summed E-state index contributed by atoms with van der Waals surface area (Å²) in [7, 11) is 0. The number of pyridine rings is 1. The third-order valence-electron chi connectivity index (χ3n) is 8.00. The number of tetrazole rings is 1. The van der Waals surface area contributed by atoms with Crippen LogP contribution in [0.15, 0.2) is 23.0 Å². The Labute approximate surface area is 204 Å². The molecule has 6 rings (SSSR count). The van der Waals surface area contributed by atoms with Crippen LogP contribution in [0.1, 0.15) is 88.7 Å². The molecule has 186 valence electrons. The third kappa shape index (κ3) is 4.20. The molecule has 9 nitrogen and oxygen atoms in total. The number of fused-ring (bicyclic) bond motifs is 2. The van der Waals surface area contributed by atoms with E-state index in [0.717, 1.165) is 53.7 Å². The number of ether oxygens (including phenoxy) is 2. The number of nitrogens with one attached hydrogen (secondary N) is 1. The van der Waals surface area contributed by atoms with Crippen molar-refractivity contribution >= 4 is 10.9 Å². The van der Waals surface area contributed by atoms with E-state index in [1.807, 2.05) is 18.2 Å². The zero-order valence-electron chi connectivity index (χ0n) is 20.6. The summed E-state index contributed by atoms with van der Waals surface area (Å²) >= 11 is 0. The average molecular weight is 479 g/mol. The second kappa shape index (κ2) is 9.26. The predicted molar refractivity (Wildman–Crippen MR) is 131 cm³/mol. The zero-order valence-corrected chi connectivity index (χ0v) is 20.6. The maximum atomic E-state index is 13.2. The molecule has 0 saturated heterocycles. The first-order chi connectivity index (χ1) is 17.1. The lowest BCUT2D eigenvalue weighted by atomic mass is 9.97. The summed E-state index contributed by atoms with van der Waals surface area (Å²) in [5.74, 6) is 2.64. The minimum atomic E-state index is -0.0581. The molecule has 3 aliphatic rings. The molecule has 0 amide bonds. The maximum absolute atomic E-state index is 13.2. The van der Waals surface area contributed by atoms with E-state index in [4.69, 9.17) is 9.47 Å². The summed E-state index contributed by atoms with van der Waals surface area (Å²) in [5, 5.41) is 14.1. The van der Waals surface area contributed by atoms with Gasteiger partial charge in [0.15, 0.2) is 17.3 Å². The molecule has 3 aromatic rings. The minimum absolute atomic E-state index is 0.0422. The van der Waals surface area contributed by atoms with Crippen molar-refractivity contribution in [3.63, 3.8) is 0 Å². The highest BCUT2D eigenvalue weighted by Crippen LogP contribution is 2.39. The lowest BCUT2D eigenvalue weighted by Crippen LogP contribution is -2.41. The molecule has 2 saturated carbocycles. The fourth-order valence-electron chi connectivity index (χ4n) is 6.28. The number of nitrogens with zero attached hydrogens (tertiary/aromatic N) is 5. The van der Waals surface area contributed by atoms with Gasteiger partial charge in [0.05, 0.1) is 17.6 Å². The molecule has 1 atom stereocenters. The van der Waals surface area contributed by atoms with Crippen LogP contribution in [0.2, 0.25) is 0 Å². The van der Waals surface area contributed by atoms with E-state index in [1.165, 1.54) is 25.7 Å². The lowest BCUT2D eigenvalue weighted by Gasteiger charge is -2.38. The Kier molecular flexibility index (Phi) is 5.96. The van der Waals surface area contributed by atoms with Crippen LogP contribution >= 0.6 is 0 Å². The highest BCUT2D eigenvalue weighted by molar-refractivity contribution is 5.83. The molecule has 1 N–H and O–H groups in total. The van der Waals surface area contributed by atoms with Gasteiger partial charge in [0.1, 0.15) is 0 Å². The maximum Gasteiger partial charge on any atom is 0.252 e. The van der Waals surface area contributed by atoms with Gasteiger partial charge in [-0.1, -0.05) is 39.5 Å². The molecule has 2 aliphatic carbocycles. The number of aromatic nitrogens is 5. The van der Waals surface area contributed by atoms with Crippen LogP contribution in [0.25, 0.3) is 10.9 Å². The molecule has 1 aromatic carbocycles. The average Bonchev–Trinajstić information content (AvgIpc) is 3.64. The molecule has 0 unspecified atom stereocenters. The standard InChI is InChI=1S/C26H34N6O3/c1-16(2)24(25-28-29-30-32(25)20-9-5-6-10-20)31(19-7-3-4-8-19)14-18-11-17-12-22-23(35-15-34-22)13-21(17)27-26(18)33/h11-13,16,19-20,24H,3-10,14-15H2,1-2H3,(H,27,33)/t24-/m1/s1. The number of hydrogen-bond acceptors (Lipinski definition) is 7. The first-order valence-electron chi connectivity index (χ1n) is 13.1. The highest BCUT2D eigenvalue weighted by atomic mass is 16.7. The SMILES string of the molecule is CC(C)[C@H](c1nnnn1C1CCCC1)N(Cc1cc2cc3c(cc2[nH]c1=O)OCO3)C1CCCC1. The van der Waals surface area contributed by atoms with Crippen LogP contribution in [0.4, 0.5) is 0 Å². The predicted octanol–water partition coefficient (Wildman–Crippen LogP) is 4.50. The number of benzene rings is 1. The first-order valence-corrected chi connectivity index (χ1v) is 13.1. The second-order valence-corrected chi connectivity index (χ2v) is 10.6. The Morgan fingerprint density at radius 3 is 2.51 bits per heavy atom. The molecule has 1 aliphatic heterocycles. The fraction of sp³-hybridized carbons (Fsp3) is 0.615. The monoisotopic (exact) mass is 478 g/mol. The van der Waals surface area contributed by atoms with E-state index in [0.29, 0.717) is 30.3 Å². The van der Waals surface area contributed by atoms with Crippen LogP contribution in [0, 0.1) is 5.92 Å². The summed E-state index contributed by atoms with van der Waals surface area (Å²) < 4.78 is 13.1. The van der Waals surface area contributed by atoms with Crippen LogP contribution in [-0.4, -0.2) is 42.9 Å². The van der Waals surface area contributed by atoms with Crippen molar-refractivity contribution in [2.24, 2.45) is 5.92 Å². The summed E-state index contributed by atoms with van der Waals surface area (Å²) in [6.07, 6.45) is 9.44. The molecule has 2 fully saturated rings. The largest absolute Gasteiger partial charge is 0.454 e. The Balaban J connectivity index is 1.39. The van der Waals surface area contributed by atoms with Gasteiger partial charge in [-0.25, -0.2) is 4.68 Å². The second-order valence-electron chi connectivity index (χ2n) is 10.6.